The lowest BCUT2D eigenvalue weighted by atomic mass is 9.88. The van der Waals surface area contributed by atoms with Crippen LogP contribution in [0.1, 0.15) is 31.2 Å². The summed E-state index contributed by atoms with van der Waals surface area (Å²) in [6.45, 7) is 0. The zero-order valence-corrected chi connectivity index (χ0v) is 17.5. The van der Waals surface area contributed by atoms with Gasteiger partial charge in [-0.1, -0.05) is 24.0 Å². The Morgan fingerprint density at radius 1 is 1.26 bits per heavy atom. The third-order valence-corrected chi connectivity index (χ3v) is 6.02. The second-order valence-electron chi connectivity index (χ2n) is 8.23. The lowest BCUT2D eigenvalue weighted by Gasteiger charge is -2.36. The molecule has 0 bridgehead atoms. The Bertz CT molecular complexity index is 1010. The molecule has 2 saturated carbocycles. The fourth-order valence-electron chi connectivity index (χ4n) is 2.98. The van der Waals surface area contributed by atoms with E-state index in [9.17, 15) is 30.8 Å². The topological polar surface area (TPSA) is 101 Å². The maximum Gasteiger partial charge on any atom is 0.422 e. The van der Waals surface area contributed by atoms with Crippen molar-refractivity contribution in [3.63, 3.8) is 0 Å². The molecule has 11 heteroatoms. The summed E-state index contributed by atoms with van der Waals surface area (Å²) >= 11 is 0. The Morgan fingerprint density at radius 3 is 2.29 bits per heavy atom. The van der Waals surface area contributed by atoms with Gasteiger partial charge in [0.1, 0.15) is 21.7 Å². The van der Waals surface area contributed by atoms with Crippen LogP contribution in [0, 0.1) is 23.6 Å². The average molecular weight is 461 g/mol. The Kier molecular flexibility index (Phi) is 6.12. The molecule has 31 heavy (non-hydrogen) atoms. The first kappa shape index (κ1) is 23.5. The van der Waals surface area contributed by atoms with Gasteiger partial charge in [-0.25, -0.2) is 12.8 Å². The van der Waals surface area contributed by atoms with Crippen molar-refractivity contribution in [2.75, 3.05) is 12.0 Å². The molecule has 1 aromatic rings. The highest BCUT2D eigenvalue weighted by Crippen LogP contribution is 2.40. The molecule has 2 atom stereocenters. The van der Waals surface area contributed by atoms with Crippen LogP contribution in [0.5, 0.6) is 0 Å². The van der Waals surface area contributed by atoms with Crippen molar-refractivity contribution in [3.8, 4) is 11.8 Å². The summed E-state index contributed by atoms with van der Waals surface area (Å²) in [5, 5.41) is 4.57. The maximum atomic E-state index is 14.5. The van der Waals surface area contributed by atoms with Crippen molar-refractivity contribution in [1.82, 2.24) is 10.6 Å². The molecule has 170 valence electrons. The molecular formula is C20H23F4N3O3S. The Labute approximate surface area is 177 Å². The summed E-state index contributed by atoms with van der Waals surface area (Å²) in [6, 6.07) is 1.73. The first-order chi connectivity index (χ1) is 14.2. The van der Waals surface area contributed by atoms with Gasteiger partial charge in [0.05, 0.1) is 11.4 Å². The highest BCUT2D eigenvalue weighted by molar-refractivity contribution is 7.90. The average Bonchev–Trinajstić information content (AvgIpc) is 3.55. The van der Waals surface area contributed by atoms with Crippen molar-refractivity contribution in [2.24, 2.45) is 11.7 Å². The van der Waals surface area contributed by atoms with Crippen LogP contribution >= 0.6 is 0 Å². The highest BCUT2D eigenvalue weighted by Gasteiger charge is 2.57. The Balaban J connectivity index is 2.07. The fraction of sp³-hybridized carbons (Fsp3) is 0.550. The zero-order valence-electron chi connectivity index (χ0n) is 16.7. The highest BCUT2D eigenvalue weighted by atomic mass is 32.2. The number of benzene rings is 1. The lowest BCUT2D eigenvalue weighted by Crippen LogP contribution is -2.63. The van der Waals surface area contributed by atoms with Gasteiger partial charge in [0.2, 0.25) is 11.4 Å². The van der Waals surface area contributed by atoms with Crippen LogP contribution in [-0.2, 0) is 20.2 Å². The molecule has 1 amide bonds. The van der Waals surface area contributed by atoms with Crippen molar-refractivity contribution in [1.29, 1.82) is 0 Å². The van der Waals surface area contributed by atoms with Gasteiger partial charge in [-0.3, -0.25) is 10.1 Å². The molecule has 4 N–H and O–H groups in total. The molecule has 0 radical (unpaired) electrons. The van der Waals surface area contributed by atoms with Crippen LogP contribution in [0.2, 0.25) is 0 Å². The molecule has 2 aliphatic carbocycles. The molecule has 6 nitrogen and oxygen atoms in total. The van der Waals surface area contributed by atoms with E-state index in [1.807, 2.05) is 0 Å². The largest absolute Gasteiger partial charge is 0.422 e. The number of rotatable bonds is 7. The summed E-state index contributed by atoms with van der Waals surface area (Å²) in [4.78, 5) is 12.7. The molecule has 0 aliphatic heterocycles. The van der Waals surface area contributed by atoms with Crippen molar-refractivity contribution in [3.05, 3.63) is 35.6 Å². The molecule has 0 unspecified atom stereocenters. The number of carbonyl (C=O) groups is 1. The summed E-state index contributed by atoms with van der Waals surface area (Å²) in [5.74, 6) is 1.91. The van der Waals surface area contributed by atoms with Crippen LogP contribution in [-0.4, -0.2) is 44.2 Å². The fourth-order valence-corrected chi connectivity index (χ4v) is 3.83. The Morgan fingerprint density at radius 2 is 1.84 bits per heavy atom. The van der Waals surface area contributed by atoms with Gasteiger partial charge in [-0.05, 0) is 43.4 Å². The van der Waals surface area contributed by atoms with Gasteiger partial charge in [0, 0.05) is 12.2 Å². The van der Waals surface area contributed by atoms with Crippen molar-refractivity contribution >= 4 is 15.7 Å². The number of halogens is 4. The van der Waals surface area contributed by atoms with E-state index in [0.717, 1.165) is 30.5 Å². The van der Waals surface area contributed by atoms with Crippen LogP contribution in [0.3, 0.4) is 0 Å². The molecule has 3 rings (SSSR count). The van der Waals surface area contributed by atoms with E-state index < -0.39 is 56.3 Å². The van der Waals surface area contributed by atoms with E-state index in [2.05, 4.69) is 22.5 Å². The third kappa shape index (κ3) is 5.96. The number of alkyl halides is 3. The zero-order chi connectivity index (χ0) is 23.1. The second kappa shape index (κ2) is 8.07. The van der Waals surface area contributed by atoms with Crippen LogP contribution < -0.4 is 16.4 Å². The molecule has 1 aromatic carbocycles. The summed E-state index contributed by atoms with van der Waals surface area (Å²) in [5.41, 5.74) is 1.24. The van der Waals surface area contributed by atoms with E-state index in [1.54, 1.807) is 0 Å². The van der Waals surface area contributed by atoms with Crippen LogP contribution in [0.15, 0.2) is 24.3 Å². The van der Waals surface area contributed by atoms with Gasteiger partial charge in [-0.2, -0.15) is 13.2 Å². The number of hydrogen-bond donors (Lipinski definition) is 3. The van der Waals surface area contributed by atoms with E-state index in [4.69, 9.17) is 5.73 Å². The minimum atomic E-state index is -5.05. The number of carbonyl (C=O) groups excluding carboxylic acids is 1. The lowest BCUT2D eigenvalue weighted by molar-refractivity contribution is -0.184. The van der Waals surface area contributed by atoms with E-state index in [-0.39, 0.29) is 5.92 Å². The second-order valence-corrected chi connectivity index (χ2v) is 10.4. The molecule has 0 saturated heterocycles. The van der Waals surface area contributed by atoms with Gasteiger partial charge in [0.25, 0.3) is 0 Å². The van der Waals surface area contributed by atoms with Gasteiger partial charge < -0.3 is 11.1 Å². The Hall–Kier alpha value is -2.16. The first-order valence-corrected chi connectivity index (χ1v) is 11.7. The van der Waals surface area contributed by atoms with E-state index >= 15 is 0 Å². The monoisotopic (exact) mass is 461 g/mol. The van der Waals surface area contributed by atoms with Crippen molar-refractivity contribution < 1.29 is 30.8 Å². The molecular weight excluding hydrogens is 438 g/mol. The molecule has 0 heterocycles. The quantitative estimate of drug-likeness (QED) is 0.325. The number of nitrogens with one attached hydrogen (secondary N) is 2. The molecule has 2 aliphatic rings. The van der Waals surface area contributed by atoms with Crippen LogP contribution in [0.25, 0.3) is 0 Å². The predicted octanol–water partition coefficient (Wildman–Crippen LogP) is 1.56. The van der Waals surface area contributed by atoms with Gasteiger partial charge in [0.15, 0.2) is 0 Å². The van der Waals surface area contributed by atoms with Crippen molar-refractivity contribution in [2.45, 2.75) is 49.1 Å². The smallest absolute Gasteiger partial charge is 0.337 e. The molecule has 2 fully saturated rings. The number of amides is 1. The molecule has 0 aromatic heterocycles. The summed E-state index contributed by atoms with van der Waals surface area (Å²) in [6.07, 6.45) is -2.10. The normalized spacial score (nSPS) is 20.7. The predicted molar refractivity (Wildman–Crippen MR) is 106 cm³/mol. The number of sulfone groups is 1. The minimum Gasteiger partial charge on any atom is -0.337 e. The van der Waals surface area contributed by atoms with E-state index in [0.29, 0.717) is 25.7 Å². The molecule has 0 spiro atoms. The third-order valence-electron chi connectivity index (χ3n) is 5.08. The summed E-state index contributed by atoms with van der Waals surface area (Å²) < 4.78 is 80.6. The van der Waals surface area contributed by atoms with E-state index in [1.165, 1.54) is 0 Å². The summed E-state index contributed by atoms with van der Waals surface area (Å²) in [7, 11) is -3.87. The maximum absolute atomic E-state index is 14.5. The number of nitrogens with two attached hydrogens (primary N) is 1. The number of hydrogen-bond acceptors (Lipinski definition) is 5. The SMILES string of the molecule is CS(=O)(=O)C[C@H](N[C@@](C#CC1CC1)(c1ccc(F)cc1)C(F)(F)F)C(=O)NC1(N)CC1. The van der Waals surface area contributed by atoms with Gasteiger partial charge in [-0.15, -0.1) is 0 Å². The first-order valence-electron chi connectivity index (χ1n) is 9.65. The minimum absolute atomic E-state index is 0.218. The van der Waals surface area contributed by atoms with Crippen LogP contribution in [0.4, 0.5) is 17.6 Å². The standard InChI is InChI=1S/C20H23F4N3O3S/c1-31(29,30)12-16(17(28)27-18(25)10-11-18)26-19(20(22,23)24,9-8-13-2-3-13)14-4-6-15(21)7-5-14/h4-7,13,16,26H,2-3,10-12,25H2,1H3,(H,27,28)/t16-,19-/m0/s1. The van der Waals surface area contributed by atoms with Gasteiger partial charge >= 0.3 is 6.18 Å².